The van der Waals surface area contributed by atoms with E-state index in [1.165, 1.54) is 18.0 Å². The second-order valence-corrected chi connectivity index (χ2v) is 6.91. The molecule has 7 nitrogen and oxygen atoms in total. The maximum Gasteiger partial charge on any atom is 0.326 e. The average molecular weight is 339 g/mol. The van der Waals surface area contributed by atoms with Crippen molar-refractivity contribution >= 4 is 17.8 Å². The fourth-order valence-electron chi connectivity index (χ4n) is 2.95. The van der Waals surface area contributed by atoms with Gasteiger partial charge in [0.2, 0.25) is 11.8 Å². The highest BCUT2D eigenvalue weighted by Crippen LogP contribution is 2.21. The van der Waals surface area contributed by atoms with Crippen LogP contribution in [0.2, 0.25) is 0 Å². The highest BCUT2D eigenvalue weighted by Gasteiger charge is 2.36. The lowest BCUT2D eigenvalue weighted by atomic mass is 10.0. The number of hydrogen-bond donors (Lipinski definition) is 1. The largest absolute Gasteiger partial charge is 0.480 e. The van der Waals surface area contributed by atoms with Crippen LogP contribution in [0.4, 0.5) is 0 Å². The zero-order chi connectivity index (χ0) is 18.4. The van der Waals surface area contributed by atoms with Crippen LogP contribution in [0.25, 0.3) is 0 Å². The summed E-state index contributed by atoms with van der Waals surface area (Å²) in [6, 6.07) is -0.845. The monoisotopic (exact) mass is 339 g/mol. The molecule has 1 heterocycles. The van der Waals surface area contributed by atoms with Crippen molar-refractivity contribution in [3.8, 4) is 0 Å². The van der Waals surface area contributed by atoms with E-state index < -0.39 is 12.0 Å². The summed E-state index contributed by atoms with van der Waals surface area (Å²) in [4.78, 5) is 41.0. The molecule has 0 bridgehead atoms. The maximum atomic E-state index is 12.6. The van der Waals surface area contributed by atoms with Gasteiger partial charge in [0.1, 0.15) is 6.04 Å². The molecule has 0 aromatic heterocycles. The minimum atomic E-state index is -1.00. The Balaban J connectivity index is 2.64. The van der Waals surface area contributed by atoms with Gasteiger partial charge in [0.25, 0.3) is 0 Å². The lowest BCUT2D eigenvalue weighted by molar-refractivity contribution is -0.152. The number of carboxylic acid groups (broad SMARTS) is 1. The number of likely N-dealkylation sites (tertiary alicyclic amines) is 1. The molecule has 0 unspecified atom stereocenters. The van der Waals surface area contributed by atoms with Gasteiger partial charge in [-0.25, -0.2) is 4.79 Å². The molecule has 7 heteroatoms. The number of nitrogens with zero attached hydrogens (tertiary/aromatic N) is 3. The Bertz CT molecular complexity index is 502. The molecule has 0 aromatic rings. The van der Waals surface area contributed by atoms with E-state index in [1.807, 2.05) is 19.0 Å². The molecule has 0 aliphatic carbocycles. The smallest absolute Gasteiger partial charge is 0.326 e. The number of hydrogen-bond acceptors (Lipinski definition) is 4. The van der Waals surface area contributed by atoms with Crippen LogP contribution < -0.4 is 0 Å². The molecule has 24 heavy (non-hydrogen) atoms. The van der Waals surface area contributed by atoms with E-state index in [1.54, 1.807) is 24.8 Å². The van der Waals surface area contributed by atoms with Crippen molar-refractivity contribution in [3.63, 3.8) is 0 Å². The summed E-state index contributed by atoms with van der Waals surface area (Å²) in [6.45, 7) is 5.11. The number of carboxylic acids is 1. The SMILES string of the molecule is CC(C)[C@@H](C(=O)O)N(C)C(=O)[C@H]1CCN(C(=O)/C=C/CN(C)C)C1. The summed E-state index contributed by atoms with van der Waals surface area (Å²) in [7, 11) is 5.37. The molecular weight excluding hydrogens is 310 g/mol. The number of carbonyl (C=O) groups is 3. The third kappa shape index (κ3) is 5.33. The fourth-order valence-corrected chi connectivity index (χ4v) is 2.95. The molecule has 1 aliphatic heterocycles. The van der Waals surface area contributed by atoms with E-state index in [0.29, 0.717) is 26.1 Å². The van der Waals surface area contributed by atoms with Gasteiger partial charge in [-0.1, -0.05) is 19.9 Å². The number of likely N-dealkylation sites (N-methyl/N-ethyl adjacent to an activating group) is 2. The van der Waals surface area contributed by atoms with Gasteiger partial charge in [0.15, 0.2) is 0 Å². The Morgan fingerprint density at radius 3 is 2.38 bits per heavy atom. The van der Waals surface area contributed by atoms with E-state index >= 15 is 0 Å². The minimum Gasteiger partial charge on any atom is -0.480 e. The van der Waals surface area contributed by atoms with Gasteiger partial charge in [-0.2, -0.15) is 0 Å². The van der Waals surface area contributed by atoms with Gasteiger partial charge in [-0.15, -0.1) is 0 Å². The van der Waals surface area contributed by atoms with E-state index in [-0.39, 0.29) is 23.7 Å². The first-order valence-corrected chi connectivity index (χ1v) is 8.24. The summed E-state index contributed by atoms with van der Waals surface area (Å²) in [6.07, 6.45) is 3.90. The van der Waals surface area contributed by atoms with Gasteiger partial charge in [0, 0.05) is 32.8 Å². The highest BCUT2D eigenvalue weighted by atomic mass is 16.4. The van der Waals surface area contributed by atoms with Crippen LogP contribution in [0.15, 0.2) is 12.2 Å². The van der Waals surface area contributed by atoms with Crippen molar-refractivity contribution < 1.29 is 19.5 Å². The predicted octanol–water partition coefficient (Wildman–Crippen LogP) is 0.520. The Morgan fingerprint density at radius 1 is 1.25 bits per heavy atom. The molecule has 136 valence electrons. The van der Waals surface area contributed by atoms with Gasteiger partial charge in [0.05, 0.1) is 5.92 Å². The third-order valence-electron chi connectivity index (χ3n) is 4.23. The molecule has 1 fully saturated rings. The Labute approximate surface area is 143 Å². The standard InChI is InChI=1S/C17H29N3O4/c1-12(2)15(17(23)24)19(5)16(22)13-8-10-20(11-13)14(21)7-6-9-18(3)4/h6-7,12-13,15H,8-11H2,1-5H3,(H,23,24)/b7-6+/t13-,15-/m0/s1. The normalized spacial score (nSPS) is 19.3. The zero-order valence-corrected chi connectivity index (χ0v) is 15.2. The molecule has 0 saturated carbocycles. The molecule has 1 aliphatic rings. The fraction of sp³-hybridized carbons (Fsp3) is 0.706. The quantitative estimate of drug-likeness (QED) is 0.684. The van der Waals surface area contributed by atoms with Crippen molar-refractivity contribution in [1.82, 2.24) is 14.7 Å². The van der Waals surface area contributed by atoms with E-state index in [0.717, 1.165) is 0 Å². The zero-order valence-electron chi connectivity index (χ0n) is 15.2. The number of carbonyl (C=O) groups excluding carboxylic acids is 2. The molecule has 0 aromatic carbocycles. The molecule has 0 radical (unpaired) electrons. The molecule has 1 saturated heterocycles. The third-order valence-corrected chi connectivity index (χ3v) is 4.23. The van der Waals surface area contributed by atoms with Crippen molar-refractivity contribution in [2.24, 2.45) is 11.8 Å². The molecule has 1 rings (SSSR count). The summed E-state index contributed by atoms with van der Waals surface area (Å²) in [5.74, 6) is -1.82. The Morgan fingerprint density at radius 2 is 1.88 bits per heavy atom. The minimum absolute atomic E-state index is 0.103. The van der Waals surface area contributed by atoms with E-state index in [4.69, 9.17) is 0 Å². The summed E-state index contributed by atoms with van der Waals surface area (Å²) in [5.41, 5.74) is 0. The maximum absolute atomic E-state index is 12.6. The lowest BCUT2D eigenvalue weighted by Gasteiger charge is -2.29. The van der Waals surface area contributed by atoms with Crippen LogP contribution >= 0.6 is 0 Å². The second-order valence-electron chi connectivity index (χ2n) is 6.91. The number of rotatable bonds is 7. The van der Waals surface area contributed by atoms with Crippen molar-refractivity contribution in [1.29, 1.82) is 0 Å². The van der Waals surface area contributed by atoms with Gasteiger partial charge in [-0.05, 0) is 26.4 Å². The Hall–Kier alpha value is -1.89. The van der Waals surface area contributed by atoms with Gasteiger partial charge < -0.3 is 19.8 Å². The van der Waals surface area contributed by atoms with Crippen molar-refractivity contribution in [2.75, 3.05) is 40.8 Å². The van der Waals surface area contributed by atoms with Crippen LogP contribution in [0.3, 0.4) is 0 Å². The first kappa shape index (κ1) is 20.2. The number of amides is 2. The van der Waals surface area contributed by atoms with Crippen LogP contribution in [-0.4, -0.2) is 84.4 Å². The second kappa shape index (κ2) is 8.82. The van der Waals surface area contributed by atoms with Crippen LogP contribution in [0.5, 0.6) is 0 Å². The van der Waals surface area contributed by atoms with Crippen molar-refractivity contribution in [3.05, 3.63) is 12.2 Å². The van der Waals surface area contributed by atoms with Crippen LogP contribution in [0.1, 0.15) is 20.3 Å². The van der Waals surface area contributed by atoms with E-state index in [9.17, 15) is 19.5 Å². The predicted molar refractivity (Wildman–Crippen MR) is 91.4 cm³/mol. The molecule has 1 N–H and O–H groups in total. The highest BCUT2D eigenvalue weighted by molar-refractivity contribution is 5.90. The molecule has 2 atom stereocenters. The lowest BCUT2D eigenvalue weighted by Crippen LogP contribution is -2.48. The molecular formula is C17H29N3O4. The first-order valence-electron chi connectivity index (χ1n) is 8.24. The molecule has 0 spiro atoms. The Kier molecular flexibility index (Phi) is 7.41. The van der Waals surface area contributed by atoms with Crippen LogP contribution in [0, 0.1) is 11.8 Å². The topological polar surface area (TPSA) is 81.2 Å². The summed E-state index contributed by atoms with van der Waals surface area (Å²) < 4.78 is 0. The van der Waals surface area contributed by atoms with Gasteiger partial charge in [-0.3, -0.25) is 9.59 Å². The summed E-state index contributed by atoms with van der Waals surface area (Å²) in [5, 5.41) is 9.32. The van der Waals surface area contributed by atoms with E-state index in [2.05, 4.69) is 0 Å². The van der Waals surface area contributed by atoms with Crippen LogP contribution in [-0.2, 0) is 14.4 Å². The number of aliphatic carboxylic acids is 1. The average Bonchev–Trinajstić information content (AvgIpc) is 2.94. The molecule has 2 amide bonds. The first-order chi connectivity index (χ1) is 11.1. The van der Waals surface area contributed by atoms with Crippen molar-refractivity contribution in [2.45, 2.75) is 26.3 Å². The summed E-state index contributed by atoms with van der Waals surface area (Å²) >= 11 is 0. The van der Waals surface area contributed by atoms with Gasteiger partial charge >= 0.3 is 5.97 Å².